The van der Waals surface area contributed by atoms with E-state index >= 15 is 0 Å². The number of hydrogen-bond donors (Lipinski definition) is 0. The maximum atomic E-state index is 3.79. The molecule has 0 aliphatic heterocycles. The van der Waals surface area contributed by atoms with Crippen molar-refractivity contribution >= 4 is 0 Å². The average molecular weight is 180 g/mol. The predicted octanol–water partition coefficient (Wildman–Crippen LogP) is 4.58. The highest BCUT2D eigenvalue weighted by Crippen LogP contribution is 2.23. The molecule has 76 valence electrons. The zero-order valence-electron chi connectivity index (χ0n) is 9.64. The molecule has 0 aromatic rings. The highest BCUT2D eigenvalue weighted by molar-refractivity contribution is 5.06. The third-order valence-corrected chi connectivity index (χ3v) is 2.81. The average Bonchev–Trinajstić information content (AvgIpc) is 2.14. The fourth-order valence-electron chi connectivity index (χ4n) is 1.55. The molecule has 0 radical (unpaired) electrons. The van der Waals surface area contributed by atoms with Crippen molar-refractivity contribution in [2.75, 3.05) is 0 Å². The van der Waals surface area contributed by atoms with Gasteiger partial charge in [0.25, 0.3) is 0 Å². The summed E-state index contributed by atoms with van der Waals surface area (Å²) in [6.45, 7) is 12.8. The second kappa shape index (κ2) is 6.94. The van der Waals surface area contributed by atoms with Crippen LogP contribution in [0.4, 0.5) is 0 Å². The summed E-state index contributed by atoms with van der Waals surface area (Å²) in [7, 11) is 0. The minimum atomic E-state index is 0.677. The van der Waals surface area contributed by atoms with Crippen LogP contribution in [0.25, 0.3) is 0 Å². The van der Waals surface area contributed by atoms with Crippen LogP contribution in [0, 0.1) is 11.8 Å². The first kappa shape index (κ1) is 12.5. The molecule has 13 heavy (non-hydrogen) atoms. The van der Waals surface area contributed by atoms with Crippen molar-refractivity contribution in [3.63, 3.8) is 0 Å². The van der Waals surface area contributed by atoms with Gasteiger partial charge in [-0.3, -0.25) is 0 Å². The Morgan fingerprint density at radius 1 is 1.38 bits per heavy atom. The van der Waals surface area contributed by atoms with Gasteiger partial charge in [0.05, 0.1) is 0 Å². The summed E-state index contributed by atoms with van der Waals surface area (Å²) in [6.07, 6.45) is 7.93. The zero-order valence-corrected chi connectivity index (χ0v) is 9.64. The van der Waals surface area contributed by atoms with E-state index in [1.807, 2.05) is 6.08 Å². The summed E-state index contributed by atoms with van der Waals surface area (Å²) in [5.74, 6) is 1.50. The van der Waals surface area contributed by atoms with E-state index in [1.165, 1.54) is 12.8 Å². The summed E-state index contributed by atoms with van der Waals surface area (Å²) < 4.78 is 0. The van der Waals surface area contributed by atoms with Gasteiger partial charge in [-0.15, -0.1) is 6.58 Å². The van der Waals surface area contributed by atoms with Crippen LogP contribution in [0.3, 0.4) is 0 Å². The van der Waals surface area contributed by atoms with Crippen molar-refractivity contribution in [1.82, 2.24) is 0 Å². The standard InChI is InChI=1S/C13H24/c1-6-9-12(5)13(8-3)10-11(4)7-2/h6,8,11-12H,1,7,9-10H2,2-5H3. The molecule has 0 aliphatic carbocycles. The second-order valence-electron chi connectivity index (χ2n) is 4.01. The van der Waals surface area contributed by atoms with Gasteiger partial charge in [0.15, 0.2) is 0 Å². The van der Waals surface area contributed by atoms with Gasteiger partial charge < -0.3 is 0 Å². The van der Waals surface area contributed by atoms with Gasteiger partial charge in [0.2, 0.25) is 0 Å². The molecule has 0 aromatic heterocycles. The molecule has 0 spiro atoms. The molecule has 0 bridgehead atoms. The lowest BCUT2D eigenvalue weighted by Crippen LogP contribution is -2.03. The Hall–Kier alpha value is -0.520. The van der Waals surface area contributed by atoms with Crippen LogP contribution in [0.15, 0.2) is 24.3 Å². The van der Waals surface area contributed by atoms with Crippen molar-refractivity contribution in [1.29, 1.82) is 0 Å². The quantitative estimate of drug-likeness (QED) is 0.525. The summed E-state index contributed by atoms with van der Waals surface area (Å²) in [6, 6.07) is 0. The Labute approximate surface area is 83.7 Å². The lowest BCUT2D eigenvalue weighted by molar-refractivity contribution is 0.515. The molecule has 0 saturated carbocycles. The fourth-order valence-corrected chi connectivity index (χ4v) is 1.55. The minimum absolute atomic E-state index is 0.677. The monoisotopic (exact) mass is 180 g/mol. The van der Waals surface area contributed by atoms with Crippen molar-refractivity contribution < 1.29 is 0 Å². The molecule has 0 aliphatic rings. The molecule has 0 amide bonds. The Kier molecular flexibility index (Phi) is 6.66. The molecular formula is C13H24. The first-order valence-electron chi connectivity index (χ1n) is 5.41. The van der Waals surface area contributed by atoms with E-state index in [4.69, 9.17) is 0 Å². The molecule has 0 fully saturated rings. The Bertz CT molecular complexity index is 165. The van der Waals surface area contributed by atoms with E-state index in [9.17, 15) is 0 Å². The van der Waals surface area contributed by atoms with Crippen LogP contribution in [0.1, 0.15) is 47.0 Å². The van der Waals surface area contributed by atoms with Crippen LogP contribution in [-0.4, -0.2) is 0 Å². The Morgan fingerprint density at radius 3 is 2.38 bits per heavy atom. The summed E-state index contributed by atoms with van der Waals surface area (Å²) in [5, 5.41) is 0. The van der Waals surface area contributed by atoms with E-state index in [0.29, 0.717) is 5.92 Å². The van der Waals surface area contributed by atoms with Crippen LogP contribution >= 0.6 is 0 Å². The molecule has 0 aromatic carbocycles. The van der Waals surface area contributed by atoms with Gasteiger partial charge in [0.1, 0.15) is 0 Å². The molecule has 2 unspecified atom stereocenters. The topological polar surface area (TPSA) is 0 Å². The van der Waals surface area contributed by atoms with Crippen LogP contribution in [0.2, 0.25) is 0 Å². The lowest BCUT2D eigenvalue weighted by Gasteiger charge is -2.17. The number of allylic oxidation sites excluding steroid dienone is 3. The third kappa shape index (κ3) is 4.92. The van der Waals surface area contributed by atoms with Gasteiger partial charge in [-0.1, -0.05) is 44.9 Å². The molecule has 0 N–H and O–H groups in total. The summed E-state index contributed by atoms with van der Waals surface area (Å²) in [4.78, 5) is 0. The molecule has 0 heteroatoms. The van der Waals surface area contributed by atoms with Crippen molar-refractivity contribution in [3.8, 4) is 0 Å². The Morgan fingerprint density at radius 2 is 2.00 bits per heavy atom. The number of hydrogen-bond acceptors (Lipinski definition) is 0. The lowest BCUT2D eigenvalue weighted by atomic mass is 9.89. The molecule has 0 rings (SSSR count). The molecule has 2 atom stereocenters. The van der Waals surface area contributed by atoms with Crippen LogP contribution in [0.5, 0.6) is 0 Å². The fraction of sp³-hybridized carbons (Fsp3) is 0.692. The smallest absolute Gasteiger partial charge is 0.0197 e. The van der Waals surface area contributed by atoms with Crippen molar-refractivity contribution in [3.05, 3.63) is 24.3 Å². The van der Waals surface area contributed by atoms with E-state index in [0.717, 1.165) is 12.3 Å². The maximum Gasteiger partial charge on any atom is -0.0197 e. The van der Waals surface area contributed by atoms with Crippen molar-refractivity contribution in [2.45, 2.75) is 47.0 Å². The van der Waals surface area contributed by atoms with Gasteiger partial charge >= 0.3 is 0 Å². The molecule has 0 saturated heterocycles. The minimum Gasteiger partial charge on any atom is -0.103 e. The molecular weight excluding hydrogens is 156 g/mol. The number of rotatable bonds is 6. The highest BCUT2D eigenvalue weighted by Gasteiger charge is 2.09. The van der Waals surface area contributed by atoms with Gasteiger partial charge in [-0.2, -0.15) is 0 Å². The first-order valence-corrected chi connectivity index (χ1v) is 5.41. The third-order valence-electron chi connectivity index (χ3n) is 2.81. The molecule has 0 heterocycles. The first-order chi connectivity index (χ1) is 6.15. The summed E-state index contributed by atoms with van der Waals surface area (Å²) >= 11 is 0. The second-order valence-corrected chi connectivity index (χ2v) is 4.01. The maximum absolute atomic E-state index is 3.79. The summed E-state index contributed by atoms with van der Waals surface area (Å²) in [5.41, 5.74) is 1.59. The zero-order chi connectivity index (χ0) is 10.3. The highest BCUT2D eigenvalue weighted by atomic mass is 14.1. The predicted molar refractivity (Wildman–Crippen MR) is 61.8 cm³/mol. The normalized spacial score (nSPS) is 16.8. The van der Waals surface area contributed by atoms with E-state index in [1.54, 1.807) is 5.57 Å². The van der Waals surface area contributed by atoms with Crippen molar-refractivity contribution in [2.24, 2.45) is 11.8 Å². The van der Waals surface area contributed by atoms with Crippen LogP contribution < -0.4 is 0 Å². The largest absolute Gasteiger partial charge is 0.103 e. The van der Waals surface area contributed by atoms with Gasteiger partial charge in [0, 0.05) is 0 Å². The van der Waals surface area contributed by atoms with E-state index < -0.39 is 0 Å². The van der Waals surface area contributed by atoms with Crippen LogP contribution in [-0.2, 0) is 0 Å². The SMILES string of the molecule is C=CCC(C)C(=CC)CC(C)CC. The molecule has 0 nitrogen and oxygen atoms in total. The van der Waals surface area contributed by atoms with E-state index in [-0.39, 0.29) is 0 Å². The Balaban J connectivity index is 4.10. The van der Waals surface area contributed by atoms with E-state index in [2.05, 4.69) is 40.3 Å². The van der Waals surface area contributed by atoms with Gasteiger partial charge in [-0.25, -0.2) is 0 Å². The van der Waals surface area contributed by atoms with Gasteiger partial charge in [-0.05, 0) is 31.6 Å².